The zero-order valence-corrected chi connectivity index (χ0v) is 11.8. The highest BCUT2D eigenvalue weighted by Gasteiger charge is 2.24. The summed E-state index contributed by atoms with van der Waals surface area (Å²) in [5, 5.41) is 13.3. The summed E-state index contributed by atoms with van der Waals surface area (Å²) in [4.78, 5) is 23.1. The molecule has 2 N–H and O–H groups in total. The van der Waals surface area contributed by atoms with Crippen molar-refractivity contribution in [1.82, 2.24) is 5.32 Å². The van der Waals surface area contributed by atoms with Crippen molar-refractivity contribution in [3.63, 3.8) is 0 Å². The van der Waals surface area contributed by atoms with Crippen molar-refractivity contribution in [2.24, 2.45) is 0 Å². The van der Waals surface area contributed by atoms with Crippen molar-refractivity contribution in [3.05, 3.63) is 21.9 Å². The molecule has 5 heteroatoms. The molecule has 0 aliphatic rings. The molecule has 0 aromatic carbocycles. The Morgan fingerprint density at radius 2 is 2.06 bits per heavy atom. The maximum atomic E-state index is 11.5. The van der Waals surface area contributed by atoms with E-state index in [2.05, 4.69) is 32.2 Å². The van der Waals surface area contributed by atoms with Crippen LogP contribution < -0.4 is 5.32 Å². The van der Waals surface area contributed by atoms with E-state index < -0.39 is 5.97 Å². The highest BCUT2D eigenvalue weighted by molar-refractivity contribution is 7.10. The van der Waals surface area contributed by atoms with Gasteiger partial charge in [0.2, 0.25) is 5.91 Å². The normalized spacial score (nSPS) is 11.3. The van der Waals surface area contributed by atoms with Crippen LogP contribution in [0.25, 0.3) is 0 Å². The second-order valence-electron chi connectivity index (χ2n) is 4.99. The van der Waals surface area contributed by atoms with Gasteiger partial charge in [0.1, 0.15) is 0 Å². The van der Waals surface area contributed by atoms with Crippen molar-refractivity contribution < 1.29 is 14.7 Å². The Morgan fingerprint density at radius 1 is 1.39 bits per heavy atom. The van der Waals surface area contributed by atoms with Gasteiger partial charge in [0.15, 0.2) is 0 Å². The fourth-order valence-corrected chi connectivity index (χ4v) is 2.83. The minimum Gasteiger partial charge on any atom is -0.481 e. The van der Waals surface area contributed by atoms with Gasteiger partial charge in [-0.3, -0.25) is 9.59 Å². The molecule has 0 radical (unpaired) electrons. The first-order valence-corrected chi connectivity index (χ1v) is 6.74. The standard InChI is InChI=1S/C13H19NO3S/c1-9-6-7-18-12(9)13(2,3)8-14-10(15)4-5-11(16)17/h6-7H,4-5,8H2,1-3H3,(H,14,15)(H,16,17). The number of hydrogen-bond donors (Lipinski definition) is 2. The second kappa shape index (κ2) is 6.00. The van der Waals surface area contributed by atoms with E-state index in [4.69, 9.17) is 5.11 Å². The first-order chi connectivity index (χ1) is 8.33. The molecule has 1 rings (SSSR count). The molecule has 1 amide bonds. The lowest BCUT2D eigenvalue weighted by atomic mass is 9.89. The fourth-order valence-electron chi connectivity index (χ4n) is 1.77. The minimum absolute atomic E-state index is 0.0365. The van der Waals surface area contributed by atoms with Crippen LogP contribution in [-0.2, 0) is 15.0 Å². The number of aliphatic carboxylic acids is 1. The van der Waals surface area contributed by atoms with Gasteiger partial charge in [0.05, 0.1) is 6.42 Å². The zero-order chi connectivity index (χ0) is 13.8. The lowest BCUT2D eigenvalue weighted by Gasteiger charge is -2.24. The van der Waals surface area contributed by atoms with E-state index in [1.807, 2.05) is 5.38 Å². The number of amides is 1. The number of nitrogens with one attached hydrogen (secondary N) is 1. The van der Waals surface area contributed by atoms with Crippen LogP contribution in [0.3, 0.4) is 0 Å². The van der Waals surface area contributed by atoms with E-state index in [0.29, 0.717) is 6.54 Å². The molecule has 0 unspecified atom stereocenters. The van der Waals surface area contributed by atoms with Gasteiger partial charge in [-0.1, -0.05) is 13.8 Å². The van der Waals surface area contributed by atoms with Crippen LogP contribution in [0.1, 0.15) is 37.1 Å². The number of carboxylic acid groups (broad SMARTS) is 1. The Bertz CT molecular complexity index is 437. The molecule has 1 heterocycles. The van der Waals surface area contributed by atoms with Gasteiger partial charge < -0.3 is 10.4 Å². The Morgan fingerprint density at radius 3 is 2.56 bits per heavy atom. The fraction of sp³-hybridized carbons (Fsp3) is 0.538. The van der Waals surface area contributed by atoms with Crippen LogP contribution in [0.15, 0.2) is 11.4 Å². The molecule has 0 aliphatic carbocycles. The van der Waals surface area contributed by atoms with Gasteiger partial charge in [-0.15, -0.1) is 11.3 Å². The third kappa shape index (κ3) is 4.14. The largest absolute Gasteiger partial charge is 0.481 e. The molecule has 0 aliphatic heterocycles. The summed E-state index contributed by atoms with van der Waals surface area (Å²) >= 11 is 1.68. The number of carbonyl (C=O) groups is 2. The number of hydrogen-bond acceptors (Lipinski definition) is 3. The highest BCUT2D eigenvalue weighted by atomic mass is 32.1. The summed E-state index contributed by atoms with van der Waals surface area (Å²) in [5.41, 5.74) is 1.10. The van der Waals surface area contributed by atoms with Crippen LogP contribution in [0, 0.1) is 6.92 Å². The monoisotopic (exact) mass is 269 g/mol. The van der Waals surface area contributed by atoms with Gasteiger partial charge in [-0.05, 0) is 23.9 Å². The molecular formula is C13H19NO3S. The molecule has 0 atom stereocenters. The van der Waals surface area contributed by atoms with Gasteiger partial charge in [0, 0.05) is 23.3 Å². The first-order valence-electron chi connectivity index (χ1n) is 5.86. The topological polar surface area (TPSA) is 66.4 Å². The average Bonchev–Trinajstić information content (AvgIpc) is 2.71. The van der Waals surface area contributed by atoms with Crippen LogP contribution in [0.4, 0.5) is 0 Å². The van der Waals surface area contributed by atoms with E-state index in [1.54, 1.807) is 11.3 Å². The first kappa shape index (κ1) is 14.7. The maximum Gasteiger partial charge on any atom is 0.303 e. The van der Waals surface area contributed by atoms with Gasteiger partial charge in [-0.2, -0.15) is 0 Å². The van der Waals surface area contributed by atoms with Crippen molar-refractivity contribution in [2.45, 2.75) is 39.0 Å². The Balaban J connectivity index is 2.50. The summed E-state index contributed by atoms with van der Waals surface area (Å²) in [5.74, 6) is -1.15. The minimum atomic E-state index is -0.946. The van der Waals surface area contributed by atoms with Crippen molar-refractivity contribution >= 4 is 23.2 Å². The Labute approximate surface area is 111 Å². The number of carboxylic acids is 1. The molecule has 0 fully saturated rings. The third-order valence-corrected chi connectivity index (χ3v) is 4.15. The molecule has 0 spiro atoms. The van der Waals surface area contributed by atoms with Gasteiger partial charge in [-0.25, -0.2) is 0 Å². The van der Waals surface area contributed by atoms with E-state index in [-0.39, 0.29) is 24.2 Å². The Kier molecular flexibility index (Phi) is 4.90. The lowest BCUT2D eigenvalue weighted by molar-refractivity contribution is -0.138. The summed E-state index contributed by atoms with van der Waals surface area (Å²) < 4.78 is 0. The summed E-state index contributed by atoms with van der Waals surface area (Å²) in [6.07, 6.45) is -0.0842. The average molecular weight is 269 g/mol. The summed E-state index contributed by atoms with van der Waals surface area (Å²) in [6.45, 7) is 6.72. The van der Waals surface area contributed by atoms with Crippen molar-refractivity contribution in [2.75, 3.05) is 6.54 Å². The van der Waals surface area contributed by atoms with Gasteiger partial charge in [0.25, 0.3) is 0 Å². The second-order valence-corrected chi connectivity index (χ2v) is 5.90. The molecule has 18 heavy (non-hydrogen) atoms. The Hall–Kier alpha value is -1.36. The number of thiophene rings is 1. The quantitative estimate of drug-likeness (QED) is 0.833. The van der Waals surface area contributed by atoms with E-state index in [9.17, 15) is 9.59 Å². The molecule has 1 aromatic heterocycles. The molecule has 1 aromatic rings. The van der Waals surface area contributed by atoms with Crippen LogP contribution in [0.2, 0.25) is 0 Å². The van der Waals surface area contributed by atoms with Crippen LogP contribution in [0.5, 0.6) is 0 Å². The van der Waals surface area contributed by atoms with Crippen molar-refractivity contribution in [3.8, 4) is 0 Å². The predicted molar refractivity (Wildman–Crippen MR) is 72.0 cm³/mol. The van der Waals surface area contributed by atoms with E-state index >= 15 is 0 Å². The van der Waals surface area contributed by atoms with E-state index in [0.717, 1.165) is 0 Å². The van der Waals surface area contributed by atoms with Gasteiger partial charge >= 0.3 is 5.97 Å². The zero-order valence-electron chi connectivity index (χ0n) is 10.9. The molecule has 100 valence electrons. The summed E-state index contributed by atoms with van der Waals surface area (Å²) in [6, 6.07) is 2.06. The number of aryl methyl sites for hydroxylation is 1. The third-order valence-electron chi connectivity index (χ3n) is 2.77. The smallest absolute Gasteiger partial charge is 0.303 e. The molecule has 0 bridgehead atoms. The molecule has 4 nitrogen and oxygen atoms in total. The highest BCUT2D eigenvalue weighted by Crippen LogP contribution is 2.30. The summed E-state index contributed by atoms with van der Waals surface area (Å²) in [7, 11) is 0. The maximum absolute atomic E-state index is 11.5. The molecular weight excluding hydrogens is 250 g/mol. The number of carbonyl (C=O) groups excluding carboxylic acids is 1. The lowest BCUT2D eigenvalue weighted by Crippen LogP contribution is -2.36. The number of rotatable bonds is 6. The van der Waals surface area contributed by atoms with Crippen LogP contribution >= 0.6 is 11.3 Å². The van der Waals surface area contributed by atoms with E-state index in [1.165, 1.54) is 10.4 Å². The molecule has 0 saturated heterocycles. The van der Waals surface area contributed by atoms with Crippen LogP contribution in [-0.4, -0.2) is 23.5 Å². The SMILES string of the molecule is Cc1ccsc1C(C)(C)CNC(=O)CCC(=O)O. The predicted octanol–water partition coefficient (Wildman–Crippen LogP) is 2.32. The molecule has 0 saturated carbocycles. The van der Waals surface area contributed by atoms with Crippen molar-refractivity contribution in [1.29, 1.82) is 0 Å².